The van der Waals surface area contributed by atoms with Gasteiger partial charge in [-0.15, -0.1) is 11.3 Å². The van der Waals surface area contributed by atoms with Crippen molar-refractivity contribution in [3.8, 4) is 23.3 Å². The molecule has 1 amide bonds. The number of hydrogen-bond acceptors (Lipinski definition) is 10. The van der Waals surface area contributed by atoms with Crippen molar-refractivity contribution in [2.75, 3.05) is 24.8 Å². The van der Waals surface area contributed by atoms with Gasteiger partial charge in [-0.2, -0.15) is 15.2 Å². The normalized spacial score (nSPS) is 12.9. The molecule has 5 rings (SSSR count). The molecule has 0 aliphatic carbocycles. The number of pyridine rings is 1. The predicted molar refractivity (Wildman–Crippen MR) is 137 cm³/mol. The third-order valence-corrected chi connectivity index (χ3v) is 6.94. The van der Waals surface area contributed by atoms with Crippen LogP contribution in [0.2, 0.25) is 0 Å². The Bertz CT molecular complexity index is 1680. The number of halogens is 2. The predicted octanol–water partition coefficient (Wildman–Crippen LogP) is 5.48. The number of nitriles is 1. The highest BCUT2D eigenvalue weighted by molar-refractivity contribution is 7.23. The fraction of sp³-hybridized carbons (Fsp3) is 0.320. The van der Waals surface area contributed by atoms with Crippen LogP contribution >= 0.6 is 11.3 Å². The van der Waals surface area contributed by atoms with Crippen LogP contribution in [0.3, 0.4) is 0 Å². The molecule has 13 heteroatoms. The van der Waals surface area contributed by atoms with Gasteiger partial charge < -0.3 is 19.5 Å². The first-order chi connectivity index (χ1) is 18.1. The molecule has 0 spiro atoms. The van der Waals surface area contributed by atoms with Gasteiger partial charge in [0, 0.05) is 18.0 Å². The van der Waals surface area contributed by atoms with Gasteiger partial charge in [0.2, 0.25) is 0 Å². The number of aromatic nitrogens is 3. The van der Waals surface area contributed by atoms with Crippen LogP contribution in [-0.4, -0.2) is 40.8 Å². The summed E-state index contributed by atoms with van der Waals surface area (Å²) in [5.41, 5.74) is 0.268. The summed E-state index contributed by atoms with van der Waals surface area (Å²) in [7, 11) is 3.01. The third-order valence-electron chi connectivity index (χ3n) is 5.83. The first-order valence-corrected chi connectivity index (χ1v) is 12.3. The summed E-state index contributed by atoms with van der Waals surface area (Å²) in [4.78, 5) is 25.2. The average Bonchev–Trinajstić information content (AvgIpc) is 3.48. The number of amides is 1. The van der Waals surface area contributed by atoms with E-state index in [1.54, 1.807) is 27.8 Å². The SMILES string of the molecule is CNc1nc(OC)nc2c(F)c(-c3ncc(F)c4sc(NC(=O)OC(C)(C)C)c(C#N)c34)c3c(c12)COC3. The number of fused-ring (bicyclic) bond motifs is 4. The fourth-order valence-electron chi connectivity index (χ4n) is 4.38. The Morgan fingerprint density at radius 1 is 1.21 bits per heavy atom. The van der Waals surface area contributed by atoms with E-state index >= 15 is 4.39 Å². The second-order valence-corrected chi connectivity index (χ2v) is 10.4. The number of nitrogens with zero attached hydrogens (tertiary/aromatic N) is 4. The number of ether oxygens (including phenoxy) is 3. The Kier molecular flexibility index (Phi) is 6.24. The molecule has 0 saturated heterocycles. The number of methoxy groups -OCH3 is 1. The van der Waals surface area contributed by atoms with E-state index in [1.165, 1.54) is 7.11 Å². The van der Waals surface area contributed by atoms with Crippen molar-refractivity contribution >= 4 is 49.2 Å². The number of nitrogens with one attached hydrogen (secondary N) is 2. The molecule has 4 heterocycles. The minimum absolute atomic E-state index is 0.0240. The summed E-state index contributed by atoms with van der Waals surface area (Å²) < 4.78 is 47.5. The van der Waals surface area contributed by atoms with Crippen molar-refractivity contribution in [1.29, 1.82) is 5.26 Å². The highest BCUT2D eigenvalue weighted by Gasteiger charge is 2.32. The van der Waals surface area contributed by atoms with Crippen LogP contribution in [0.1, 0.15) is 37.5 Å². The summed E-state index contributed by atoms with van der Waals surface area (Å²) in [6.45, 7) is 5.28. The summed E-state index contributed by atoms with van der Waals surface area (Å²) in [6, 6.07) is 1.95. The quantitative estimate of drug-likeness (QED) is 0.345. The molecule has 0 saturated carbocycles. The summed E-state index contributed by atoms with van der Waals surface area (Å²) >= 11 is 0.834. The van der Waals surface area contributed by atoms with E-state index in [9.17, 15) is 14.4 Å². The Labute approximate surface area is 219 Å². The van der Waals surface area contributed by atoms with Crippen LogP contribution in [0.4, 0.5) is 24.4 Å². The molecular weight excluding hydrogens is 518 g/mol. The largest absolute Gasteiger partial charge is 0.467 e. The van der Waals surface area contributed by atoms with Crippen molar-refractivity contribution in [1.82, 2.24) is 15.0 Å². The molecule has 196 valence electrons. The molecule has 1 aliphatic rings. The average molecular weight is 541 g/mol. The minimum atomic E-state index is -0.815. The topological polar surface area (TPSA) is 131 Å². The molecular formula is C25H22F2N6O4S. The fourth-order valence-corrected chi connectivity index (χ4v) is 5.42. The molecule has 0 unspecified atom stereocenters. The molecule has 1 aliphatic heterocycles. The van der Waals surface area contributed by atoms with Crippen molar-refractivity contribution in [3.63, 3.8) is 0 Å². The molecule has 0 atom stereocenters. The lowest BCUT2D eigenvalue weighted by molar-refractivity contribution is 0.0636. The number of benzene rings is 1. The Balaban J connectivity index is 1.81. The second-order valence-electron chi connectivity index (χ2n) is 9.38. The monoisotopic (exact) mass is 540 g/mol. The first-order valence-electron chi connectivity index (χ1n) is 11.4. The maximum Gasteiger partial charge on any atom is 0.412 e. The Morgan fingerprint density at radius 3 is 2.61 bits per heavy atom. The van der Waals surface area contributed by atoms with Crippen molar-refractivity contribution in [3.05, 3.63) is 34.5 Å². The minimum Gasteiger partial charge on any atom is -0.467 e. The van der Waals surface area contributed by atoms with Gasteiger partial charge in [-0.1, -0.05) is 0 Å². The second kappa shape index (κ2) is 9.30. The van der Waals surface area contributed by atoms with Gasteiger partial charge in [0.1, 0.15) is 28.0 Å². The highest BCUT2D eigenvalue weighted by atomic mass is 32.1. The smallest absolute Gasteiger partial charge is 0.412 e. The summed E-state index contributed by atoms with van der Waals surface area (Å²) in [5.74, 6) is -1.12. The van der Waals surface area contributed by atoms with E-state index < -0.39 is 23.3 Å². The standard InChI is InChI=1S/C25H22F2N6O4S/c1-25(2,3)37-24(34)33-22-10(6-28)15-18(30-7-13(26)20(15)38-22)14-11-8-36-9-12(11)16-19(17(14)27)31-23(35-5)32-21(16)29-4/h7H,8-9H2,1-5H3,(H,33,34)(H,29,31,32). The van der Waals surface area contributed by atoms with Crippen LogP contribution in [0.5, 0.6) is 6.01 Å². The van der Waals surface area contributed by atoms with Crippen molar-refractivity contribution in [2.45, 2.75) is 39.6 Å². The van der Waals surface area contributed by atoms with Gasteiger partial charge in [-0.3, -0.25) is 10.3 Å². The summed E-state index contributed by atoms with van der Waals surface area (Å²) in [5, 5.41) is 16.0. The van der Waals surface area contributed by atoms with Crippen LogP contribution < -0.4 is 15.4 Å². The molecule has 10 nitrogen and oxygen atoms in total. The number of anilines is 2. The molecule has 1 aromatic carbocycles. The first kappa shape index (κ1) is 25.5. The summed E-state index contributed by atoms with van der Waals surface area (Å²) in [6.07, 6.45) is 0.142. The van der Waals surface area contributed by atoms with E-state index in [0.29, 0.717) is 22.3 Å². The van der Waals surface area contributed by atoms with E-state index in [2.05, 4.69) is 25.6 Å². The number of hydrogen-bond donors (Lipinski definition) is 2. The molecule has 0 fully saturated rings. The lowest BCUT2D eigenvalue weighted by atomic mass is 9.93. The van der Waals surface area contributed by atoms with Crippen LogP contribution in [-0.2, 0) is 22.7 Å². The van der Waals surface area contributed by atoms with Gasteiger partial charge in [0.05, 0.1) is 47.9 Å². The van der Waals surface area contributed by atoms with Gasteiger partial charge in [-0.05, 0) is 31.9 Å². The van der Waals surface area contributed by atoms with Crippen molar-refractivity contribution < 1.29 is 27.8 Å². The zero-order chi connectivity index (χ0) is 27.4. The maximum atomic E-state index is 16.4. The Hall–Kier alpha value is -4.15. The highest BCUT2D eigenvalue weighted by Crippen LogP contribution is 2.46. The molecule has 38 heavy (non-hydrogen) atoms. The molecule has 3 aromatic heterocycles. The number of rotatable bonds is 4. The zero-order valence-electron chi connectivity index (χ0n) is 21.1. The molecule has 0 radical (unpaired) electrons. The van der Waals surface area contributed by atoms with E-state index in [0.717, 1.165) is 17.5 Å². The van der Waals surface area contributed by atoms with E-state index in [-0.39, 0.29) is 56.6 Å². The van der Waals surface area contributed by atoms with E-state index in [1.807, 2.05) is 6.07 Å². The van der Waals surface area contributed by atoms with Gasteiger partial charge in [-0.25, -0.2) is 13.6 Å². The molecule has 4 aromatic rings. The lowest BCUT2D eigenvalue weighted by Crippen LogP contribution is -2.27. The van der Waals surface area contributed by atoms with Crippen molar-refractivity contribution in [2.24, 2.45) is 0 Å². The van der Waals surface area contributed by atoms with Crippen LogP contribution in [0.25, 0.3) is 32.2 Å². The van der Waals surface area contributed by atoms with E-state index in [4.69, 9.17) is 14.2 Å². The number of thiophene rings is 1. The lowest BCUT2D eigenvalue weighted by Gasteiger charge is -2.19. The maximum absolute atomic E-state index is 16.4. The van der Waals surface area contributed by atoms with Crippen LogP contribution in [0, 0.1) is 23.0 Å². The molecule has 0 bridgehead atoms. The Morgan fingerprint density at radius 2 is 1.95 bits per heavy atom. The van der Waals surface area contributed by atoms with Crippen LogP contribution in [0.15, 0.2) is 6.20 Å². The van der Waals surface area contributed by atoms with Gasteiger partial charge in [0.25, 0.3) is 0 Å². The zero-order valence-corrected chi connectivity index (χ0v) is 21.9. The molecule has 2 N–H and O–H groups in total. The van der Waals surface area contributed by atoms with Gasteiger partial charge in [0.15, 0.2) is 11.6 Å². The number of carbonyl (C=O) groups is 1. The third kappa shape index (κ3) is 4.11. The van der Waals surface area contributed by atoms with Gasteiger partial charge >= 0.3 is 12.1 Å². The number of carbonyl (C=O) groups excluding carboxylic acids is 1.